The monoisotopic (exact) mass is 239 g/mol. The minimum absolute atomic E-state index is 0.0505. The number of nitrogens with one attached hydrogen (secondary N) is 1. The van der Waals surface area contributed by atoms with E-state index in [1.165, 1.54) is 0 Å². The first kappa shape index (κ1) is 13.6. The third-order valence-electron chi connectivity index (χ3n) is 2.40. The van der Waals surface area contributed by atoms with Crippen LogP contribution in [0.1, 0.15) is 31.4 Å². The van der Waals surface area contributed by atoms with Gasteiger partial charge < -0.3 is 15.3 Å². The van der Waals surface area contributed by atoms with Crippen molar-refractivity contribution in [2.75, 3.05) is 13.3 Å². The summed E-state index contributed by atoms with van der Waals surface area (Å²) in [5, 5.41) is 17.1. The second kappa shape index (κ2) is 7.01. The molecule has 1 aromatic carbocycles. The first-order valence-electron chi connectivity index (χ1n) is 5.64. The number of hydrogen-bond acceptors (Lipinski definition) is 3. The molecule has 1 unspecified atom stereocenters. The Morgan fingerprint density at radius 3 is 2.59 bits per heavy atom. The fraction of sp³-hybridized carbons (Fsp3) is 0.462. The van der Waals surface area contributed by atoms with E-state index in [2.05, 4.69) is 0 Å². The lowest BCUT2D eigenvalue weighted by Crippen LogP contribution is -2.01. The molecule has 0 aliphatic heterocycles. The summed E-state index contributed by atoms with van der Waals surface area (Å²) < 4.78 is 17.0. The van der Waals surface area contributed by atoms with Crippen LogP contribution in [-0.4, -0.2) is 24.1 Å². The Balaban J connectivity index is 2.51. The average molecular weight is 239 g/mol. The van der Waals surface area contributed by atoms with Gasteiger partial charge in [0.05, 0.1) is 6.10 Å². The molecule has 0 amide bonds. The Kier molecular flexibility index (Phi) is 5.63. The molecule has 94 valence electrons. The van der Waals surface area contributed by atoms with E-state index in [1.807, 2.05) is 0 Å². The van der Waals surface area contributed by atoms with Crippen molar-refractivity contribution in [2.45, 2.75) is 25.9 Å². The normalized spacial score (nSPS) is 12.2. The van der Waals surface area contributed by atoms with Gasteiger partial charge in [-0.05, 0) is 37.5 Å². The van der Waals surface area contributed by atoms with E-state index in [0.717, 1.165) is 5.56 Å². The average Bonchev–Trinajstić information content (AvgIpc) is 2.34. The minimum Gasteiger partial charge on any atom is -0.491 e. The van der Waals surface area contributed by atoms with Gasteiger partial charge in [-0.25, -0.2) is 4.39 Å². The molecule has 2 N–H and O–H groups in total. The molecule has 1 aromatic rings. The molecule has 1 rings (SSSR count). The van der Waals surface area contributed by atoms with Crippen LogP contribution in [0.5, 0.6) is 5.75 Å². The summed E-state index contributed by atoms with van der Waals surface area (Å²) >= 11 is 0. The first-order valence-corrected chi connectivity index (χ1v) is 5.64. The van der Waals surface area contributed by atoms with Crippen LogP contribution in [0.25, 0.3) is 0 Å². The summed E-state index contributed by atoms with van der Waals surface area (Å²) in [5.74, 6) is 0.599. The molecule has 3 nitrogen and oxygen atoms in total. The maximum Gasteiger partial charge on any atom is 0.123 e. The van der Waals surface area contributed by atoms with Crippen molar-refractivity contribution >= 4 is 5.71 Å². The Hall–Kier alpha value is -1.42. The largest absolute Gasteiger partial charge is 0.491 e. The smallest absolute Gasteiger partial charge is 0.123 e. The molecule has 0 saturated heterocycles. The quantitative estimate of drug-likeness (QED) is 0.719. The molecule has 0 bridgehead atoms. The van der Waals surface area contributed by atoms with Crippen LogP contribution in [0.2, 0.25) is 0 Å². The summed E-state index contributed by atoms with van der Waals surface area (Å²) in [6.45, 7) is 1.26. The maximum atomic E-state index is 11.9. The van der Waals surface area contributed by atoms with Gasteiger partial charge in [-0.1, -0.05) is 12.1 Å². The predicted molar refractivity (Wildman–Crippen MR) is 65.5 cm³/mol. The van der Waals surface area contributed by atoms with Crippen molar-refractivity contribution < 1.29 is 14.2 Å². The second-order valence-corrected chi connectivity index (χ2v) is 3.94. The van der Waals surface area contributed by atoms with Crippen molar-refractivity contribution in [1.82, 2.24) is 0 Å². The molecule has 0 aromatic heterocycles. The number of aliphatic hydroxyl groups is 1. The van der Waals surface area contributed by atoms with E-state index >= 15 is 0 Å². The SMILES string of the molecule is CC(=N)CCC(O)c1ccc(OCCF)cc1. The lowest BCUT2D eigenvalue weighted by atomic mass is 10.0. The Morgan fingerprint density at radius 1 is 1.41 bits per heavy atom. The summed E-state index contributed by atoms with van der Waals surface area (Å²) in [5.41, 5.74) is 1.35. The Bertz CT molecular complexity index is 351. The van der Waals surface area contributed by atoms with Gasteiger partial charge in [-0.3, -0.25) is 0 Å². The zero-order valence-electron chi connectivity index (χ0n) is 9.95. The highest BCUT2D eigenvalue weighted by Crippen LogP contribution is 2.21. The topological polar surface area (TPSA) is 53.3 Å². The zero-order chi connectivity index (χ0) is 12.7. The third-order valence-corrected chi connectivity index (χ3v) is 2.40. The van der Waals surface area contributed by atoms with Gasteiger partial charge >= 0.3 is 0 Å². The van der Waals surface area contributed by atoms with E-state index in [4.69, 9.17) is 10.1 Å². The number of halogens is 1. The lowest BCUT2D eigenvalue weighted by molar-refractivity contribution is 0.170. The highest BCUT2D eigenvalue weighted by Gasteiger charge is 2.07. The summed E-state index contributed by atoms with van der Waals surface area (Å²) in [7, 11) is 0. The van der Waals surface area contributed by atoms with Gasteiger partial charge in [0.25, 0.3) is 0 Å². The fourth-order valence-corrected chi connectivity index (χ4v) is 1.46. The molecule has 0 aliphatic rings. The summed E-state index contributed by atoms with van der Waals surface area (Å²) in [6.07, 6.45) is 0.562. The van der Waals surface area contributed by atoms with Crippen LogP contribution < -0.4 is 4.74 Å². The van der Waals surface area contributed by atoms with Crippen LogP contribution in [0.4, 0.5) is 4.39 Å². The molecule has 0 heterocycles. The summed E-state index contributed by atoms with van der Waals surface area (Å²) in [6, 6.07) is 6.95. The van der Waals surface area contributed by atoms with Gasteiger partial charge in [0, 0.05) is 5.71 Å². The van der Waals surface area contributed by atoms with Crippen LogP contribution in [0.15, 0.2) is 24.3 Å². The zero-order valence-corrected chi connectivity index (χ0v) is 9.95. The van der Waals surface area contributed by atoms with Crippen molar-refractivity contribution in [2.24, 2.45) is 0 Å². The van der Waals surface area contributed by atoms with Crippen molar-refractivity contribution in [3.63, 3.8) is 0 Å². The van der Waals surface area contributed by atoms with Crippen LogP contribution in [0.3, 0.4) is 0 Å². The molecule has 0 saturated carbocycles. The van der Waals surface area contributed by atoms with Gasteiger partial charge in [0.15, 0.2) is 0 Å². The highest BCUT2D eigenvalue weighted by molar-refractivity contribution is 5.78. The van der Waals surface area contributed by atoms with Gasteiger partial charge in [0.1, 0.15) is 19.0 Å². The van der Waals surface area contributed by atoms with E-state index in [1.54, 1.807) is 31.2 Å². The Morgan fingerprint density at radius 2 is 2.06 bits per heavy atom. The predicted octanol–water partition coefficient (Wildman–Crippen LogP) is 2.89. The van der Waals surface area contributed by atoms with Crippen LogP contribution in [-0.2, 0) is 0 Å². The number of hydrogen-bond donors (Lipinski definition) is 2. The molecule has 0 radical (unpaired) electrons. The number of rotatable bonds is 7. The van der Waals surface area contributed by atoms with Crippen molar-refractivity contribution in [1.29, 1.82) is 5.41 Å². The maximum absolute atomic E-state index is 11.9. The molecular weight excluding hydrogens is 221 g/mol. The second-order valence-electron chi connectivity index (χ2n) is 3.94. The first-order chi connectivity index (χ1) is 8.13. The third kappa shape index (κ3) is 4.95. The van der Waals surface area contributed by atoms with E-state index in [0.29, 0.717) is 24.3 Å². The molecular formula is C13H18FNO2. The Labute approximate surface area is 101 Å². The van der Waals surface area contributed by atoms with Gasteiger partial charge in [-0.15, -0.1) is 0 Å². The van der Waals surface area contributed by atoms with E-state index in [9.17, 15) is 9.50 Å². The number of benzene rings is 1. The van der Waals surface area contributed by atoms with Crippen molar-refractivity contribution in [3.05, 3.63) is 29.8 Å². The molecule has 0 aliphatic carbocycles. The summed E-state index contributed by atoms with van der Waals surface area (Å²) in [4.78, 5) is 0. The fourth-order valence-electron chi connectivity index (χ4n) is 1.46. The van der Waals surface area contributed by atoms with Gasteiger partial charge in [0.2, 0.25) is 0 Å². The molecule has 0 spiro atoms. The number of aliphatic hydroxyl groups excluding tert-OH is 1. The van der Waals surface area contributed by atoms with E-state index in [-0.39, 0.29) is 6.61 Å². The lowest BCUT2D eigenvalue weighted by Gasteiger charge is -2.11. The number of alkyl halides is 1. The van der Waals surface area contributed by atoms with Crippen molar-refractivity contribution in [3.8, 4) is 5.75 Å². The van der Waals surface area contributed by atoms with Crippen LogP contribution in [0, 0.1) is 5.41 Å². The van der Waals surface area contributed by atoms with Gasteiger partial charge in [-0.2, -0.15) is 0 Å². The standard InChI is InChI=1S/C13H18FNO2/c1-10(15)2-7-13(16)11-3-5-12(6-4-11)17-9-8-14/h3-6,13,15-16H,2,7-9H2,1H3. The minimum atomic E-state index is -0.564. The molecule has 1 atom stereocenters. The number of ether oxygens (including phenoxy) is 1. The van der Waals surface area contributed by atoms with E-state index < -0.39 is 12.8 Å². The molecule has 0 fully saturated rings. The molecule has 17 heavy (non-hydrogen) atoms. The van der Waals surface area contributed by atoms with Crippen LogP contribution >= 0.6 is 0 Å². The molecule has 4 heteroatoms. The highest BCUT2D eigenvalue weighted by atomic mass is 19.1.